The van der Waals surface area contributed by atoms with Gasteiger partial charge >= 0.3 is 0 Å². The molecule has 0 unspecified atom stereocenters. The Bertz CT molecular complexity index is 796. The average Bonchev–Trinajstić information content (AvgIpc) is 2.66. The minimum Gasteiger partial charge on any atom is -0.493 e. The van der Waals surface area contributed by atoms with Gasteiger partial charge in [-0.05, 0) is 47.7 Å². The highest BCUT2D eigenvalue weighted by molar-refractivity contribution is 5.95. The number of carbonyl (C=O) groups is 1. The van der Waals surface area contributed by atoms with Crippen molar-refractivity contribution in [2.45, 2.75) is 19.9 Å². The normalized spacial score (nSPS) is 14.0. The minimum absolute atomic E-state index is 0.0433. The van der Waals surface area contributed by atoms with Crippen molar-refractivity contribution in [2.75, 3.05) is 20.8 Å². The maximum absolute atomic E-state index is 12.7. The van der Waals surface area contributed by atoms with Crippen LogP contribution in [-0.4, -0.2) is 31.6 Å². The van der Waals surface area contributed by atoms with Crippen molar-refractivity contribution in [3.63, 3.8) is 0 Å². The molecular formula is C21H23NO3. The van der Waals surface area contributed by atoms with Gasteiger partial charge in [0.05, 0.1) is 14.2 Å². The van der Waals surface area contributed by atoms with Crippen LogP contribution in [0.5, 0.6) is 11.5 Å². The summed E-state index contributed by atoms with van der Waals surface area (Å²) in [5, 5.41) is 0. The summed E-state index contributed by atoms with van der Waals surface area (Å²) in [6, 6.07) is 14.0. The van der Waals surface area contributed by atoms with Gasteiger partial charge in [0.2, 0.25) is 5.91 Å². The summed E-state index contributed by atoms with van der Waals surface area (Å²) in [7, 11) is 3.27. The number of hydrogen-bond acceptors (Lipinski definition) is 3. The van der Waals surface area contributed by atoms with Crippen LogP contribution in [0.1, 0.15) is 23.6 Å². The molecule has 0 spiro atoms. The van der Waals surface area contributed by atoms with Crippen LogP contribution in [-0.2, 0) is 17.8 Å². The third kappa shape index (κ3) is 3.68. The van der Waals surface area contributed by atoms with Crippen LogP contribution < -0.4 is 9.47 Å². The lowest BCUT2D eigenvalue weighted by Crippen LogP contribution is -2.35. The van der Waals surface area contributed by atoms with Crippen LogP contribution >= 0.6 is 0 Å². The zero-order valence-electron chi connectivity index (χ0n) is 14.9. The maximum Gasteiger partial charge on any atom is 0.247 e. The van der Waals surface area contributed by atoms with Crippen molar-refractivity contribution in [1.29, 1.82) is 0 Å². The number of rotatable bonds is 4. The highest BCUT2D eigenvalue weighted by atomic mass is 16.5. The van der Waals surface area contributed by atoms with E-state index < -0.39 is 0 Å². The van der Waals surface area contributed by atoms with Gasteiger partial charge in [-0.3, -0.25) is 4.79 Å². The molecule has 4 nitrogen and oxygen atoms in total. The van der Waals surface area contributed by atoms with E-state index in [-0.39, 0.29) is 5.91 Å². The highest BCUT2D eigenvalue weighted by Gasteiger charge is 2.22. The number of fused-ring (bicyclic) bond motifs is 1. The van der Waals surface area contributed by atoms with E-state index >= 15 is 0 Å². The Hall–Kier alpha value is -2.75. The Balaban J connectivity index is 1.79. The van der Waals surface area contributed by atoms with Gasteiger partial charge in [-0.25, -0.2) is 0 Å². The monoisotopic (exact) mass is 337 g/mol. The van der Waals surface area contributed by atoms with Crippen LogP contribution in [0.2, 0.25) is 0 Å². The van der Waals surface area contributed by atoms with Crippen molar-refractivity contribution in [3.8, 4) is 11.5 Å². The summed E-state index contributed by atoms with van der Waals surface area (Å²) >= 11 is 0. The van der Waals surface area contributed by atoms with Crippen molar-refractivity contribution in [3.05, 3.63) is 65.2 Å². The molecule has 0 bridgehead atoms. The zero-order valence-corrected chi connectivity index (χ0v) is 14.9. The number of ether oxygens (including phenoxy) is 2. The highest BCUT2D eigenvalue weighted by Crippen LogP contribution is 2.33. The number of methoxy groups -OCH3 is 2. The Labute approximate surface area is 148 Å². The molecule has 130 valence electrons. The average molecular weight is 337 g/mol. The van der Waals surface area contributed by atoms with Crippen LogP contribution in [0, 0.1) is 0 Å². The van der Waals surface area contributed by atoms with Crippen LogP contribution in [0.25, 0.3) is 5.57 Å². The van der Waals surface area contributed by atoms with Crippen molar-refractivity contribution in [1.82, 2.24) is 4.90 Å². The molecule has 0 radical (unpaired) electrons. The molecule has 2 aromatic carbocycles. The Kier molecular flexibility index (Phi) is 5.08. The van der Waals surface area contributed by atoms with E-state index in [2.05, 4.69) is 0 Å². The zero-order chi connectivity index (χ0) is 17.8. The van der Waals surface area contributed by atoms with E-state index in [1.807, 2.05) is 54.3 Å². The molecule has 0 saturated carbocycles. The molecule has 0 aromatic heterocycles. The molecule has 0 aliphatic carbocycles. The van der Waals surface area contributed by atoms with Crippen LogP contribution in [0.3, 0.4) is 0 Å². The topological polar surface area (TPSA) is 38.8 Å². The molecule has 3 rings (SSSR count). The molecule has 1 aliphatic rings. The second-order valence-electron chi connectivity index (χ2n) is 6.18. The van der Waals surface area contributed by atoms with E-state index in [0.29, 0.717) is 18.8 Å². The third-order valence-corrected chi connectivity index (χ3v) is 4.60. The van der Waals surface area contributed by atoms with Gasteiger partial charge in [0.1, 0.15) is 0 Å². The number of nitrogens with zero attached hydrogens (tertiary/aromatic N) is 1. The van der Waals surface area contributed by atoms with Crippen molar-refractivity contribution < 1.29 is 14.3 Å². The predicted octanol–water partition coefficient (Wildman–Crippen LogP) is 3.69. The Morgan fingerprint density at radius 2 is 1.68 bits per heavy atom. The lowest BCUT2D eigenvalue weighted by molar-refractivity contribution is -0.126. The summed E-state index contributed by atoms with van der Waals surface area (Å²) < 4.78 is 10.7. The fourth-order valence-electron chi connectivity index (χ4n) is 3.13. The number of amides is 1. The van der Waals surface area contributed by atoms with E-state index in [0.717, 1.165) is 28.9 Å². The first-order valence-corrected chi connectivity index (χ1v) is 8.38. The molecule has 0 fully saturated rings. The van der Waals surface area contributed by atoms with Gasteiger partial charge in [-0.15, -0.1) is 0 Å². The quantitative estimate of drug-likeness (QED) is 0.799. The predicted molar refractivity (Wildman–Crippen MR) is 98.8 cm³/mol. The second-order valence-corrected chi connectivity index (χ2v) is 6.18. The Morgan fingerprint density at radius 3 is 2.32 bits per heavy atom. The molecule has 1 heterocycles. The largest absolute Gasteiger partial charge is 0.493 e. The van der Waals surface area contributed by atoms with Crippen LogP contribution in [0.4, 0.5) is 0 Å². The first kappa shape index (κ1) is 17.1. The fraction of sp³-hybridized carbons (Fsp3) is 0.286. The first-order chi connectivity index (χ1) is 12.1. The van der Waals surface area contributed by atoms with Crippen molar-refractivity contribution >= 4 is 11.5 Å². The van der Waals surface area contributed by atoms with E-state index in [9.17, 15) is 4.79 Å². The molecular weight excluding hydrogens is 314 g/mol. The molecule has 0 saturated heterocycles. The van der Waals surface area contributed by atoms with Gasteiger partial charge < -0.3 is 14.4 Å². The fourth-order valence-corrected chi connectivity index (χ4v) is 3.13. The molecule has 25 heavy (non-hydrogen) atoms. The summed E-state index contributed by atoms with van der Waals surface area (Å²) in [6.45, 7) is 3.27. The van der Waals surface area contributed by atoms with Gasteiger partial charge in [0.25, 0.3) is 0 Å². The Morgan fingerprint density at radius 1 is 1.04 bits per heavy atom. The SMILES string of the molecule is COc1cc2c(cc1OC)CN(C(=O)/C=C(\C)c1ccccc1)CC2. The first-order valence-electron chi connectivity index (χ1n) is 8.38. The van der Waals surface area contributed by atoms with E-state index in [1.165, 1.54) is 5.56 Å². The van der Waals surface area contributed by atoms with Crippen molar-refractivity contribution in [2.24, 2.45) is 0 Å². The molecule has 1 aliphatic heterocycles. The molecule has 0 atom stereocenters. The summed E-state index contributed by atoms with van der Waals surface area (Å²) in [6.07, 6.45) is 2.54. The summed E-state index contributed by atoms with van der Waals surface area (Å²) in [5.74, 6) is 1.48. The standard InChI is InChI=1S/C21H23NO3/c1-15(16-7-5-4-6-8-16)11-21(23)22-10-9-17-12-19(24-2)20(25-3)13-18(17)14-22/h4-8,11-13H,9-10,14H2,1-3H3/b15-11+. The lowest BCUT2D eigenvalue weighted by Gasteiger charge is -2.29. The van der Waals surface area contributed by atoms with E-state index in [1.54, 1.807) is 20.3 Å². The van der Waals surface area contributed by atoms with Gasteiger partial charge in [-0.2, -0.15) is 0 Å². The minimum atomic E-state index is 0.0433. The second kappa shape index (κ2) is 7.43. The smallest absolute Gasteiger partial charge is 0.247 e. The third-order valence-electron chi connectivity index (χ3n) is 4.60. The van der Waals surface area contributed by atoms with Gasteiger partial charge in [0, 0.05) is 19.2 Å². The summed E-state index contributed by atoms with van der Waals surface area (Å²) in [5.41, 5.74) is 4.37. The van der Waals surface area contributed by atoms with Gasteiger partial charge in [0.15, 0.2) is 11.5 Å². The van der Waals surface area contributed by atoms with E-state index in [4.69, 9.17) is 9.47 Å². The lowest BCUT2D eigenvalue weighted by atomic mass is 9.98. The summed E-state index contributed by atoms with van der Waals surface area (Å²) in [4.78, 5) is 14.5. The number of carbonyl (C=O) groups excluding carboxylic acids is 1. The number of allylic oxidation sites excluding steroid dienone is 1. The molecule has 4 heteroatoms. The van der Waals surface area contributed by atoms with Crippen LogP contribution in [0.15, 0.2) is 48.5 Å². The number of benzene rings is 2. The van der Waals surface area contributed by atoms with Gasteiger partial charge in [-0.1, -0.05) is 30.3 Å². The maximum atomic E-state index is 12.7. The molecule has 2 aromatic rings. The molecule has 1 amide bonds. The number of hydrogen-bond donors (Lipinski definition) is 0. The molecule has 0 N–H and O–H groups in total.